The van der Waals surface area contributed by atoms with Gasteiger partial charge in [-0.25, -0.2) is 8.42 Å². The lowest BCUT2D eigenvalue weighted by molar-refractivity contribution is 0.600. The number of nitrogens with one attached hydrogen (secondary N) is 2. The van der Waals surface area contributed by atoms with E-state index >= 15 is 0 Å². The third kappa shape index (κ3) is 3.70. The summed E-state index contributed by atoms with van der Waals surface area (Å²) < 4.78 is 28.7. The van der Waals surface area contributed by atoms with Crippen LogP contribution in [0.5, 0.6) is 0 Å². The predicted octanol–water partition coefficient (Wildman–Crippen LogP) is 5.80. The Hall–Kier alpha value is -4.08. The Kier molecular flexibility index (Phi) is 4.89. The van der Waals surface area contributed by atoms with Gasteiger partial charge in [0.05, 0.1) is 28.6 Å². The molecule has 0 spiro atoms. The first kappa shape index (κ1) is 19.9. The van der Waals surface area contributed by atoms with Gasteiger partial charge in [-0.2, -0.15) is 5.26 Å². The van der Waals surface area contributed by atoms with Gasteiger partial charge in [0, 0.05) is 27.4 Å². The number of hydrogen-bond donors (Lipinski definition) is 2. The van der Waals surface area contributed by atoms with E-state index in [-0.39, 0.29) is 5.75 Å². The fourth-order valence-electron chi connectivity index (χ4n) is 4.06. The number of hydrogen-bond acceptors (Lipinski definition) is 3. The van der Waals surface area contributed by atoms with Crippen LogP contribution in [-0.2, 0) is 15.8 Å². The van der Waals surface area contributed by atoms with Crippen LogP contribution in [-0.4, -0.2) is 13.4 Å². The monoisotopic (exact) mass is 437 g/mol. The minimum absolute atomic E-state index is 0.215. The Labute approximate surface area is 186 Å². The van der Waals surface area contributed by atoms with Gasteiger partial charge in [0.1, 0.15) is 0 Å². The molecule has 0 bridgehead atoms. The summed E-state index contributed by atoms with van der Waals surface area (Å²) in [6, 6.07) is 30.2. The van der Waals surface area contributed by atoms with Gasteiger partial charge in [0.2, 0.25) is 10.0 Å². The molecule has 32 heavy (non-hydrogen) atoms. The number of aromatic amines is 1. The summed E-state index contributed by atoms with van der Waals surface area (Å²) >= 11 is 0. The maximum atomic E-state index is 13.0. The van der Waals surface area contributed by atoms with Crippen LogP contribution in [0.25, 0.3) is 32.9 Å². The molecule has 6 heteroatoms. The molecule has 1 heterocycles. The number of sulfonamides is 1. The van der Waals surface area contributed by atoms with Gasteiger partial charge in [0.15, 0.2) is 0 Å². The zero-order valence-electron chi connectivity index (χ0n) is 17.0. The second-order valence-corrected chi connectivity index (χ2v) is 9.34. The summed E-state index contributed by atoms with van der Waals surface area (Å²) in [5.41, 5.74) is 5.21. The van der Waals surface area contributed by atoms with Gasteiger partial charge in [-0.15, -0.1) is 0 Å². The lowest BCUT2D eigenvalue weighted by Gasteiger charge is -2.14. The van der Waals surface area contributed by atoms with Crippen molar-refractivity contribution in [1.29, 1.82) is 5.26 Å². The first-order valence-electron chi connectivity index (χ1n) is 10.1. The molecule has 0 atom stereocenters. The number of aromatic nitrogens is 1. The van der Waals surface area contributed by atoms with Crippen LogP contribution in [0.3, 0.4) is 0 Å². The Morgan fingerprint density at radius 2 is 1.53 bits per heavy atom. The molecule has 0 unspecified atom stereocenters. The highest BCUT2D eigenvalue weighted by molar-refractivity contribution is 7.91. The van der Waals surface area contributed by atoms with Crippen molar-refractivity contribution in [2.75, 3.05) is 4.72 Å². The van der Waals surface area contributed by atoms with E-state index in [4.69, 9.17) is 5.26 Å². The van der Waals surface area contributed by atoms with E-state index in [1.807, 2.05) is 54.6 Å². The molecule has 5 aromatic rings. The fourth-order valence-corrected chi connectivity index (χ4v) is 5.26. The van der Waals surface area contributed by atoms with Gasteiger partial charge < -0.3 is 4.98 Å². The van der Waals surface area contributed by atoms with Crippen molar-refractivity contribution in [1.82, 2.24) is 4.98 Å². The number of nitrogens with zero attached hydrogens (tertiary/aromatic N) is 1. The maximum absolute atomic E-state index is 13.0. The number of rotatable bonds is 5. The minimum Gasteiger partial charge on any atom is -0.354 e. The van der Waals surface area contributed by atoms with Crippen LogP contribution in [0.1, 0.15) is 11.1 Å². The molecule has 0 radical (unpaired) electrons. The molecular formula is C26H19N3O2S. The van der Waals surface area contributed by atoms with Gasteiger partial charge in [-0.05, 0) is 29.8 Å². The van der Waals surface area contributed by atoms with Crippen LogP contribution in [0.2, 0.25) is 0 Å². The number of fused-ring (bicyclic) bond motifs is 3. The number of para-hydroxylation sites is 3. The van der Waals surface area contributed by atoms with Crippen molar-refractivity contribution in [3.8, 4) is 17.2 Å². The minimum atomic E-state index is -3.69. The molecule has 5 rings (SSSR count). The van der Waals surface area contributed by atoms with Crippen molar-refractivity contribution >= 4 is 37.5 Å². The summed E-state index contributed by atoms with van der Waals surface area (Å²) in [6.45, 7) is 0. The third-order valence-electron chi connectivity index (χ3n) is 5.44. The molecule has 0 saturated carbocycles. The van der Waals surface area contributed by atoms with Gasteiger partial charge in [0.25, 0.3) is 0 Å². The molecule has 4 aromatic carbocycles. The van der Waals surface area contributed by atoms with Crippen molar-refractivity contribution in [2.45, 2.75) is 5.75 Å². The molecule has 156 valence electrons. The molecule has 5 nitrogen and oxygen atoms in total. The highest BCUT2D eigenvalue weighted by atomic mass is 32.2. The molecule has 0 aliphatic heterocycles. The van der Waals surface area contributed by atoms with Crippen molar-refractivity contribution in [3.05, 3.63) is 102 Å². The molecule has 0 aliphatic rings. The Bertz CT molecular complexity index is 1610. The van der Waals surface area contributed by atoms with Crippen LogP contribution >= 0.6 is 0 Å². The lowest BCUT2D eigenvalue weighted by Crippen LogP contribution is -2.15. The van der Waals surface area contributed by atoms with E-state index in [1.165, 1.54) is 0 Å². The first-order valence-corrected chi connectivity index (χ1v) is 11.8. The number of H-pyrrole nitrogens is 1. The zero-order chi connectivity index (χ0) is 22.1. The van der Waals surface area contributed by atoms with Gasteiger partial charge >= 0.3 is 0 Å². The zero-order valence-corrected chi connectivity index (χ0v) is 17.9. The van der Waals surface area contributed by atoms with Crippen molar-refractivity contribution in [2.24, 2.45) is 0 Å². The fraction of sp³-hybridized carbons (Fsp3) is 0.0385. The first-order chi connectivity index (χ1) is 15.5. The molecule has 0 aliphatic carbocycles. The topological polar surface area (TPSA) is 85.8 Å². The van der Waals surface area contributed by atoms with Crippen molar-refractivity contribution < 1.29 is 8.42 Å². The van der Waals surface area contributed by atoms with Crippen LogP contribution in [0.4, 0.5) is 5.69 Å². The average Bonchev–Trinajstić information content (AvgIpc) is 3.18. The SMILES string of the molecule is N#Cc1cccc(CS(=O)(=O)Nc2ccccc2-c2cccc3c2[nH]c2ccccc23)c1. The van der Waals surface area contributed by atoms with E-state index < -0.39 is 10.0 Å². The second-order valence-electron chi connectivity index (χ2n) is 7.62. The molecule has 1 aromatic heterocycles. The van der Waals surface area contributed by atoms with Crippen LogP contribution in [0.15, 0.2) is 91.0 Å². The van der Waals surface area contributed by atoms with Crippen LogP contribution < -0.4 is 4.72 Å². The standard InChI is InChI=1S/C26H19N3O2S/c27-16-18-7-5-8-19(15-18)17-32(30,31)29-25-14-4-2-10-21(25)23-12-6-11-22-20-9-1-3-13-24(20)28-26(22)23/h1-15,28-29H,17H2. The maximum Gasteiger partial charge on any atom is 0.236 e. The molecular weight excluding hydrogens is 418 g/mol. The van der Waals surface area contributed by atoms with E-state index in [2.05, 4.69) is 21.8 Å². The highest BCUT2D eigenvalue weighted by Gasteiger charge is 2.17. The molecule has 0 saturated heterocycles. The Morgan fingerprint density at radius 1 is 0.812 bits per heavy atom. The quantitative estimate of drug-likeness (QED) is 0.364. The summed E-state index contributed by atoms with van der Waals surface area (Å²) in [5, 5.41) is 11.3. The smallest absolute Gasteiger partial charge is 0.236 e. The lowest BCUT2D eigenvalue weighted by atomic mass is 10.0. The number of nitriles is 1. The Balaban J connectivity index is 1.56. The van der Waals surface area contributed by atoms with Crippen LogP contribution in [0, 0.1) is 11.3 Å². The van der Waals surface area contributed by atoms with Crippen molar-refractivity contribution in [3.63, 3.8) is 0 Å². The highest BCUT2D eigenvalue weighted by Crippen LogP contribution is 2.36. The van der Waals surface area contributed by atoms with E-state index in [1.54, 1.807) is 30.3 Å². The Morgan fingerprint density at radius 3 is 2.41 bits per heavy atom. The number of anilines is 1. The van der Waals surface area contributed by atoms with Gasteiger partial charge in [-0.1, -0.05) is 66.7 Å². The summed E-state index contributed by atoms with van der Waals surface area (Å²) in [4.78, 5) is 3.48. The van der Waals surface area contributed by atoms with E-state index in [0.717, 1.165) is 32.9 Å². The molecule has 0 fully saturated rings. The third-order valence-corrected chi connectivity index (χ3v) is 6.68. The second kappa shape index (κ2) is 7.88. The number of benzene rings is 4. The molecule has 0 amide bonds. The summed E-state index contributed by atoms with van der Waals surface area (Å²) in [7, 11) is -3.69. The van der Waals surface area contributed by atoms with E-state index in [9.17, 15) is 8.42 Å². The normalized spacial score (nSPS) is 11.5. The largest absolute Gasteiger partial charge is 0.354 e. The summed E-state index contributed by atoms with van der Waals surface area (Å²) in [5.74, 6) is -0.215. The summed E-state index contributed by atoms with van der Waals surface area (Å²) in [6.07, 6.45) is 0. The van der Waals surface area contributed by atoms with E-state index in [0.29, 0.717) is 16.8 Å². The average molecular weight is 438 g/mol. The molecule has 2 N–H and O–H groups in total. The van der Waals surface area contributed by atoms with Gasteiger partial charge in [-0.3, -0.25) is 4.72 Å². The predicted molar refractivity (Wildman–Crippen MR) is 129 cm³/mol.